The summed E-state index contributed by atoms with van der Waals surface area (Å²) in [5, 5.41) is 10.1. The van der Waals surface area contributed by atoms with E-state index in [0.29, 0.717) is 0 Å². The molecule has 0 unspecified atom stereocenters. The first kappa shape index (κ1) is 11.7. The molecule has 2 rings (SSSR count). The van der Waals surface area contributed by atoms with Gasteiger partial charge in [-0.3, -0.25) is 0 Å². The number of hydrogen-bond acceptors (Lipinski definition) is 3. The van der Waals surface area contributed by atoms with Crippen LogP contribution in [0.4, 0.5) is 0 Å². The Morgan fingerprint density at radius 2 is 2.12 bits per heavy atom. The molecule has 0 radical (unpaired) electrons. The van der Waals surface area contributed by atoms with Crippen LogP contribution in [0.1, 0.15) is 30.1 Å². The molecule has 16 heavy (non-hydrogen) atoms. The van der Waals surface area contributed by atoms with E-state index in [1.807, 2.05) is 6.07 Å². The fraction of sp³-hybridized carbons (Fsp3) is 0.500. The summed E-state index contributed by atoms with van der Waals surface area (Å²) in [6.07, 6.45) is 2.24. The van der Waals surface area contributed by atoms with E-state index in [2.05, 4.69) is 15.9 Å². The van der Waals surface area contributed by atoms with E-state index in [0.717, 1.165) is 46.4 Å². The smallest absolute Gasteiger partial charge is 0.139 e. The summed E-state index contributed by atoms with van der Waals surface area (Å²) in [6.45, 7) is 0. The van der Waals surface area contributed by atoms with Crippen molar-refractivity contribution < 1.29 is 14.6 Å². The second-order valence-corrected chi connectivity index (χ2v) is 4.75. The highest BCUT2D eigenvalue weighted by Gasteiger charge is 2.27. The van der Waals surface area contributed by atoms with Gasteiger partial charge in [-0.25, -0.2) is 0 Å². The molecular formula is C12H15BrO3. The highest BCUT2D eigenvalue weighted by molar-refractivity contribution is 9.10. The van der Waals surface area contributed by atoms with Gasteiger partial charge in [-0.2, -0.15) is 0 Å². The fourth-order valence-electron chi connectivity index (χ4n) is 2.28. The van der Waals surface area contributed by atoms with Gasteiger partial charge in [0.15, 0.2) is 0 Å². The number of halogens is 1. The van der Waals surface area contributed by atoms with Crippen LogP contribution in [0.25, 0.3) is 0 Å². The van der Waals surface area contributed by atoms with Crippen molar-refractivity contribution in [2.75, 3.05) is 14.2 Å². The SMILES string of the molecule is COc1cc(Br)c(OC)c2c1CCC[C@@H]2O. The summed E-state index contributed by atoms with van der Waals surface area (Å²) in [4.78, 5) is 0. The van der Waals surface area contributed by atoms with Crippen LogP contribution in [0.2, 0.25) is 0 Å². The zero-order chi connectivity index (χ0) is 11.7. The highest BCUT2D eigenvalue weighted by Crippen LogP contribution is 2.45. The van der Waals surface area contributed by atoms with Gasteiger partial charge in [0.05, 0.1) is 24.8 Å². The Morgan fingerprint density at radius 3 is 2.75 bits per heavy atom. The number of methoxy groups -OCH3 is 2. The van der Waals surface area contributed by atoms with Crippen LogP contribution < -0.4 is 9.47 Å². The molecule has 1 aromatic carbocycles. The Hall–Kier alpha value is -0.740. The third-order valence-electron chi connectivity index (χ3n) is 3.00. The normalized spacial score (nSPS) is 19.1. The lowest BCUT2D eigenvalue weighted by atomic mass is 9.88. The molecule has 0 spiro atoms. The Morgan fingerprint density at radius 1 is 1.38 bits per heavy atom. The Bertz CT molecular complexity index is 404. The van der Waals surface area contributed by atoms with Gasteiger partial charge in [-0.05, 0) is 41.3 Å². The molecule has 0 amide bonds. The maximum absolute atomic E-state index is 10.1. The molecule has 0 bridgehead atoms. The van der Waals surface area contributed by atoms with Gasteiger partial charge in [0.25, 0.3) is 0 Å². The van der Waals surface area contributed by atoms with E-state index in [1.54, 1.807) is 14.2 Å². The molecule has 0 aliphatic heterocycles. The minimum atomic E-state index is -0.454. The molecule has 1 aliphatic rings. The first-order valence-corrected chi connectivity index (χ1v) is 6.09. The summed E-state index contributed by atoms with van der Waals surface area (Å²) < 4.78 is 11.5. The van der Waals surface area contributed by atoms with Crippen molar-refractivity contribution >= 4 is 15.9 Å². The van der Waals surface area contributed by atoms with Crippen LogP contribution in [-0.2, 0) is 6.42 Å². The second-order valence-electron chi connectivity index (χ2n) is 3.89. The van der Waals surface area contributed by atoms with Crippen molar-refractivity contribution in [2.45, 2.75) is 25.4 Å². The van der Waals surface area contributed by atoms with Gasteiger partial charge in [-0.1, -0.05) is 0 Å². The van der Waals surface area contributed by atoms with Crippen LogP contribution in [0, 0.1) is 0 Å². The van der Waals surface area contributed by atoms with Crippen LogP contribution in [0.3, 0.4) is 0 Å². The molecule has 1 aliphatic carbocycles. The molecule has 4 heteroatoms. The van der Waals surface area contributed by atoms with E-state index in [-0.39, 0.29) is 0 Å². The molecule has 3 nitrogen and oxygen atoms in total. The van der Waals surface area contributed by atoms with Gasteiger partial charge in [0.1, 0.15) is 11.5 Å². The molecule has 1 aromatic rings. The summed E-state index contributed by atoms with van der Waals surface area (Å²) in [5.74, 6) is 1.55. The van der Waals surface area contributed by atoms with Gasteiger partial charge in [0, 0.05) is 11.1 Å². The molecule has 1 atom stereocenters. The second kappa shape index (κ2) is 4.63. The van der Waals surface area contributed by atoms with Gasteiger partial charge in [-0.15, -0.1) is 0 Å². The summed E-state index contributed by atoms with van der Waals surface area (Å²) in [7, 11) is 3.27. The average molecular weight is 287 g/mol. The first-order valence-electron chi connectivity index (χ1n) is 5.30. The lowest BCUT2D eigenvalue weighted by Gasteiger charge is -2.26. The molecular weight excluding hydrogens is 272 g/mol. The predicted molar refractivity (Wildman–Crippen MR) is 65.1 cm³/mol. The standard InChI is InChI=1S/C12H15BrO3/c1-15-10-6-8(13)12(16-2)11-7(10)4-3-5-9(11)14/h6,9,14H,3-5H2,1-2H3/t9-/m0/s1. The van der Waals surface area contributed by atoms with E-state index in [4.69, 9.17) is 9.47 Å². The summed E-state index contributed by atoms with van der Waals surface area (Å²) >= 11 is 3.44. The third-order valence-corrected chi connectivity index (χ3v) is 3.59. The Balaban J connectivity index is 2.66. The van der Waals surface area contributed by atoms with Crippen LogP contribution in [0.5, 0.6) is 11.5 Å². The molecule has 0 fully saturated rings. The largest absolute Gasteiger partial charge is 0.496 e. The highest BCUT2D eigenvalue weighted by atomic mass is 79.9. The number of rotatable bonds is 2. The summed E-state index contributed by atoms with van der Waals surface area (Å²) in [6, 6.07) is 1.90. The molecule has 1 N–H and O–H groups in total. The van der Waals surface area contributed by atoms with E-state index in [1.165, 1.54) is 0 Å². The number of hydrogen-bond donors (Lipinski definition) is 1. The van der Waals surface area contributed by atoms with Crippen LogP contribution in [-0.4, -0.2) is 19.3 Å². The van der Waals surface area contributed by atoms with Crippen LogP contribution >= 0.6 is 15.9 Å². The topological polar surface area (TPSA) is 38.7 Å². The Labute approximate surface area is 104 Å². The number of aliphatic hydroxyl groups excluding tert-OH is 1. The van der Waals surface area contributed by atoms with Crippen molar-refractivity contribution in [3.05, 3.63) is 21.7 Å². The number of aliphatic hydroxyl groups is 1. The number of fused-ring (bicyclic) bond motifs is 1. The molecule has 0 saturated carbocycles. The summed E-state index contributed by atoms with van der Waals surface area (Å²) in [5.41, 5.74) is 1.95. The van der Waals surface area contributed by atoms with E-state index >= 15 is 0 Å². The quantitative estimate of drug-likeness (QED) is 0.909. The lowest BCUT2D eigenvalue weighted by Crippen LogP contribution is -2.12. The van der Waals surface area contributed by atoms with Crippen molar-refractivity contribution in [2.24, 2.45) is 0 Å². The molecule has 0 saturated heterocycles. The predicted octanol–water partition coefficient (Wildman–Crippen LogP) is 2.84. The van der Waals surface area contributed by atoms with E-state index < -0.39 is 6.10 Å². The zero-order valence-electron chi connectivity index (χ0n) is 9.42. The number of ether oxygens (including phenoxy) is 2. The van der Waals surface area contributed by atoms with Crippen molar-refractivity contribution in [1.29, 1.82) is 0 Å². The maximum atomic E-state index is 10.1. The maximum Gasteiger partial charge on any atom is 0.139 e. The zero-order valence-corrected chi connectivity index (χ0v) is 11.0. The molecule has 88 valence electrons. The minimum absolute atomic E-state index is 0.454. The van der Waals surface area contributed by atoms with E-state index in [9.17, 15) is 5.11 Å². The van der Waals surface area contributed by atoms with Gasteiger partial charge >= 0.3 is 0 Å². The minimum Gasteiger partial charge on any atom is -0.496 e. The van der Waals surface area contributed by atoms with Crippen molar-refractivity contribution in [1.82, 2.24) is 0 Å². The van der Waals surface area contributed by atoms with Gasteiger partial charge in [0.2, 0.25) is 0 Å². The van der Waals surface area contributed by atoms with Gasteiger partial charge < -0.3 is 14.6 Å². The average Bonchev–Trinajstić information content (AvgIpc) is 2.29. The molecule has 0 aromatic heterocycles. The molecule has 0 heterocycles. The van der Waals surface area contributed by atoms with Crippen molar-refractivity contribution in [3.8, 4) is 11.5 Å². The van der Waals surface area contributed by atoms with Crippen LogP contribution in [0.15, 0.2) is 10.5 Å². The Kier molecular flexibility index (Phi) is 3.40. The third kappa shape index (κ3) is 1.80. The monoisotopic (exact) mass is 286 g/mol. The first-order chi connectivity index (χ1) is 7.69. The number of benzene rings is 1. The van der Waals surface area contributed by atoms with Crippen molar-refractivity contribution in [3.63, 3.8) is 0 Å². The fourth-order valence-corrected chi connectivity index (χ4v) is 2.87. The lowest BCUT2D eigenvalue weighted by molar-refractivity contribution is 0.151.